The van der Waals surface area contributed by atoms with Gasteiger partial charge in [0.1, 0.15) is 12.3 Å². The number of aryl methyl sites for hydroxylation is 1. The van der Waals surface area contributed by atoms with Crippen LogP contribution >= 0.6 is 0 Å². The van der Waals surface area contributed by atoms with Gasteiger partial charge < -0.3 is 14.0 Å². The molecule has 2 aromatic carbocycles. The Morgan fingerprint density at radius 1 is 0.784 bits per heavy atom. The van der Waals surface area contributed by atoms with Crippen molar-refractivity contribution in [3.63, 3.8) is 0 Å². The highest BCUT2D eigenvalue weighted by Gasteiger charge is 2.36. The fourth-order valence-electron chi connectivity index (χ4n) is 5.18. The van der Waals surface area contributed by atoms with Gasteiger partial charge in [0.25, 0.3) is 0 Å². The Bertz CT molecular complexity index is 880. The van der Waals surface area contributed by atoms with E-state index in [1.54, 1.807) is 0 Å². The van der Waals surface area contributed by atoms with E-state index < -0.39 is 6.29 Å². The quantitative estimate of drug-likeness (QED) is 0.0823. The van der Waals surface area contributed by atoms with Crippen molar-refractivity contribution in [2.45, 2.75) is 117 Å². The third kappa shape index (κ3) is 11.7. The highest BCUT2D eigenvalue weighted by atomic mass is 16.7. The maximum Gasteiger partial charge on any atom is 0.368 e. The van der Waals surface area contributed by atoms with Gasteiger partial charge >= 0.3 is 5.97 Å². The van der Waals surface area contributed by atoms with Crippen LogP contribution in [0.3, 0.4) is 0 Å². The number of para-hydroxylation sites is 1. The van der Waals surface area contributed by atoms with E-state index in [0.29, 0.717) is 10.9 Å². The van der Waals surface area contributed by atoms with Crippen molar-refractivity contribution in [3.8, 4) is 5.75 Å². The van der Waals surface area contributed by atoms with E-state index in [0.717, 1.165) is 25.1 Å². The first-order valence-electron chi connectivity index (χ1n) is 14.7. The SMILES string of the molecule is CCCCCCCCCCCCc1ccccc1OC(C)OC(=O)C(CC)[N+](C)(C)Cc1ccccc1. The molecule has 0 saturated heterocycles. The van der Waals surface area contributed by atoms with Gasteiger partial charge in [-0.2, -0.15) is 0 Å². The van der Waals surface area contributed by atoms with Crippen LogP contribution in [0.25, 0.3) is 0 Å². The number of ether oxygens (including phenoxy) is 2. The number of hydrogen-bond donors (Lipinski definition) is 0. The number of likely N-dealkylation sites (N-methyl/N-ethyl adjacent to an activating group) is 1. The van der Waals surface area contributed by atoms with Crippen LogP contribution in [-0.2, 0) is 22.5 Å². The number of carbonyl (C=O) groups is 1. The first-order chi connectivity index (χ1) is 17.9. The van der Waals surface area contributed by atoms with Gasteiger partial charge in [-0.05, 0) is 24.5 Å². The maximum absolute atomic E-state index is 13.1. The van der Waals surface area contributed by atoms with E-state index in [9.17, 15) is 4.79 Å². The Morgan fingerprint density at radius 3 is 1.97 bits per heavy atom. The van der Waals surface area contributed by atoms with Gasteiger partial charge in [0, 0.05) is 18.9 Å². The van der Waals surface area contributed by atoms with Crippen molar-refractivity contribution in [1.82, 2.24) is 0 Å². The summed E-state index contributed by atoms with van der Waals surface area (Å²) in [6.07, 6.45) is 14.4. The average molecular weight is 511 g/mol. The predicted octanol–water partition coefficient (Wildman–Crippen LogP) is 8.47. The van der Waals surface area contributed by atoms with Gasteiger partial charge in [0.05, 0.1) is 14.1 Å². The molecule has 2 atom stereocenters. The summed E-state index contributed by atoms with van der Waals surface area (Å²) in [6, 6.07) is 18.2. The Kier molecular flexibility index (Phi) is 14.4. The van der Waals surface area contributed by atoms with Crippen LogP contribution in [0.15, 0.2) is 54.6 Å². The van der Waals surface area contributed by atoms with E-state index in [1.165, 1.54) is 68.9 Å². The van der Waals surface area contributed by atoms with Crippen molar-refractivity contribution in [2.24, 2.45) is 0 Å². The van der Waals surface area contributed by atoms with Crippen LogP contribution in [0.4, 0.5) is 0 Å². The molecule has 2 rings (SSSR count). The molecule has 0 aliphatic rings. The number of esters is 1. The molecular weight excluding hydrogens is 458 g/mol. The minimum Gasteiger partial charge on any atom is -0.455 e. The summed E-state index contributed by atoms with van der Waals surface area (Å²) in [5, 5.41) is 0. The summed E-state index contributed by atoms with van der Waals surface area (Å²) >= 11 is 0. The second-order valence-electron chi connectivity index (χ2n) is 11.0. The molecular formula is C33H52NO3+. The van der Waals surface area contributed by atoms with Crippen LogP contribution in [0, 0.1) is 0 Å². The molecule has 4 heteroatoms. The molecule has 0 amide bonds. The molecule has 0 aliphatic carbocycles. The summed E-state index contributed by atoms with van der Waals surface area (Å²) in [6.45, 7) is 6.90. The van der Waals surface area contributed by atoms with E-state index in [2.05, 4.69) is 45.3 Å². The molecule has 0 saturated carbocycles. The van der Waals surface area contributed by atoms with Gasteiger partial charge in [-0.15, -0.1) is 0 Å². The van der Waals surface area contributed by atoms with Crippen molar-refractivity contribution in [1.29, 1.82) is 0 Å². The third-order valence-corrected chi connectivity index (χ3v) is 7.28. The first kappa shape index (κ1) is 30.9. The van der Waals surface area contributed by atoms with Crippen LogP contribution in [0.5, 0.6) is 5.75 Å². The van der Waals surface area contributed by atoms with Crippen molar-refractivity contribution < 1.29 is 18.8 Å². The van der Waals surface area contributed by atoms with Crippen LogP contribution < -0.4 is 4.74 Å². The minimum atomic E-state index is -0.632. The number of nitrogens with zero attached hydrogens (tertiary/aromatic N) is 1. The number of rotatable bonds is 19. The van der Waals surface area contributed by atoms with Crippen molar-refractivity contribution in [2.75, 3.05) is 14.1 Å². The number of unbranched alkanes of at least 4 members (excludes halogenated alkanes) is 9. The number of carbonyl (C=O) groups excluding carboxylic acids is 1. The Labute approximate surface area is 227 Å². The lowest BCUT2D eigenvalue weighted by molar-refractivity contribution is -0.919. The molecule has 0 spiro atoms. The highest BCUT2D eigenvalue weighted by Crippen LogP contribution is 2.24. The van der Waals surface area contributed by atoms with Gasteiger partial charge in [0.2, 0.25) is 6.29 Å². The molecule has 37 heavy (non-hydrogen) atoms. The molecule has 0 aliphatic heterocycles. The summed E-state index contributed by atoms with van der Waals surface area (Å²) in [5.41, 5.74) is 2.40. The molecule has 0 bridgehead atoms. The first-order valence-corrected chi connectivity index (χ1v) is 14.7. The summed E-state index contributed by atoms with van der Waals surface area (Å²) in [4.78, 5) is 13.1. The average Bonchev–Trinajstić information content (AvgIpc) is 2.86. The van der Waals surface area contributed by atoms with Crippen LogP contribution in [0.1, 0.15) is 103 Å². The summed E-state index contributed by atoms with van der Waals surface area (Å²) < 4.78 is 12.5. The summed E-state index contributed by atoms with van der Waals surface area (Å²) in [5.74, 6) is 0.618. The molecule has 2 unspecified atom stereocenters. The van der Waals surface area contributed by atoms with E-state index >= 15 is 0 Å². The zero-order valence-corrected chi connectivity index (χ0v) is 24.2. The van der Waals surface area contributed by atoms with Gasteiger partial charge in [-0.1, -0.05) is 120 Å². The number of hydrogen-bond acceptors (Lipinski definition) is 3. The van der Waals surface area contributed by atoms with Gasteiger partial charge in [0.15, 0.2) is 6.04 Å². The van der Waals surface area contributed by atoms with E-state index in [-0.39, 0.29) is 12.0 Å². The molecule has 0 heterocycles. The molecule has 0 aromatic heterocycles. The van der Waals surface area contributed by atoms with Gasteiger partial charge in [-0.3, -0.25) is 0 Å². The lowest BCUT2D eigenvalue weighted by atomic mass is 10.0. The van der Waals surface area contributed by atoms with E-state index in [4.69, 9.17) is 9.47 Å². The van der Waals surface area contributed by atoms with Crippen LogP contribution in [0.2, 0.25) is 0 Å². The highest BCUT2D eigenvalue weighted by molar-refractivity contribution is 5.74. The Balaban J connectivity index is 1.79. The molecule has 0 N–H and O–H groups in total. The molecule has 2 aromatic rings. The van der Waals surface area contributed by atoms with Gasteiger partial charge in [-0.25, -0.2) is 4.79 Å². The number of benzene rings is 2. The zero-order valence-electron chi connectivity index (χ0n) is 24.2. The fraction of sp³-hybridized carbons (Fsp3) is 0.606. The smallest absolute Gasteiger partial charge is 0.368 e. The lowest BCUT2D eigenvalue weighted by Gasteiger charge is -2.36. The summed E-state index contributed by atoms with van der Waals surface area (Å²) in [7, 11) is 4.19. The molecule has 206 valence electrons. The molecule has 0 radical (unpaired) electrons. The zero-order chi connectivity index (χ0) is 26.9. The molecule has 0 fully saturated rings. The van der Waals surface area contributed by atoms with Crippen LogP contribution in [-0.4, -0.2) is 36.9 Å². The third-order valence-electron chi connectivity index (χ3n) is 7.28. The maximum atomic E-state index is 13.1. The van der Waals surface area contributed by atoms with Crippen molar-refractivity contribution in [3.05, 3.63) is 65.7 Å². The lowest BCUT2D eigenvalue weighted by Crippen LogP contribution is -2.53. The minimum absolute atomic E-state index is 0.205. The van der Waals surface area contributed by atoms with E-state index in [1.807, 2.05) is 44.2 Å². The standard InChI is InChI=1S/C33H52NO3/c1-6-8-9-10-11-12-13-14-15-19-24-30-25-20-21-26-32(30)36-28(3)37-33(35)31(7-2)34(4,5)27-29-22-17-16-18-23-29/h16-18,20-23,25-26,28,31H,6-15,19,24,27H2,1-5H3/q+1. The topological polar surface area (TPSA) is 35.5 Å². The fourth-order valence-corrected chi connectivity index (χ4v) is 5.18. The largest absolute Gasteiger partial charge is 0.455 e. The normalized spacial score (nSPS) is 13.2. The number of quaternary nitrogens is 1. The Hall–Kier alpha value is -2.33. The molecule has 4 nitrogen and oxygen atoms in total. The monoisotopic (exact) mass is 510 g/mol. The Morgan fingerprint density at radius 2 is 1.35 bits per heavy atom. The second kappa shape index (κ2) is 17.2. The van der Waals surface area contributed by atoms with Crippen molar-refractivity contribution >= 4 is 5.97 Å². The predicted molar refractivity (Wildman–Crippen MR) is 155 cm³/mol. The second-order valence-corrected chi connectivity index (χ2v) is 11.0.